The van der Waals surface area contributed by atoms with Gasteiger partial charge in [-0.1, -0.05) is 23.4 Å². The van der Waals surface area contributed by atoms with E-state index in [0.29, 0.717) is 21.7 Å². The number of rotatable bonds is 6. The van der Waals surface area contributed by atoms with Crippen molar-refractivity contribution < 1.29 is 14.7 Å². The summed E-state index contributed by atoms with van der Waals surface area (Å²) >= 11 is 7.16. The van der Waals surface area contributed by atoms with Crippen LogP contribution in [0.2, 0.25) is 5.02 Å². The molecule has 0 aliphatic heterocycles. The first kappa shape index (κ1) is 18.9. The molecule has 0 atom stereocenters. The van der Waals surface area contributed by atoms with Crippen LogP contribution >= 0.6 is 23.4 Å². The molecule has 2 aromatic carbocycles. The van der Waals surface area contributed by atoms with Crippen molar-refractivity contribution in [1.82, 2.24) is 14.8 Å². The average Bonchev–Trinajstić information content (AvgIpc) is 3.02. The highest BCUT2D eigenvalue weighted by atomic mass is 35.5. The number of carbonyl (C=O) groups excluding carboxylic acids is 1. The zero-order valence-corrected chi connectivity index (χ0v) is 15.8. The van der Waals surface area contributed by atoms with Crippen LogP contribution in [0.15, 0.2) is 53.7 Å². The van der Waals surface area contributed by atoms with Crippen molar-refractivity contribution in [2.45, 2.75) is 5.16 Å². The molecule has 0 aliphatic rings. The van der Waals surface area contributed by atoms with E-state index in [4.69, 9.17) is 16.7 Å². The predicted octanol–water partition coefficient (Wildman–Crippen LogP) is 3.56. The number of carboxylic acids is 1. The van der Waals surface area contributed by atoms with Crippen molar-refractivity contribution in [3.05, 3.63) is 59.1 Å². The molecule has 9 heteroatoms. The minimum Gasteiger partial charge on any atom is -0.478 e. The van der Waals surface area contributed by atoms with Crippen LogP contribution in [0.3, 0.4) is 0 Å². The molecule has 0 saturated heterocycles. The molecule has 27 heavy (non-hydrogen) atoms. The van der Waals surface area contributed by atoms with Gasteiger partial charge < -0.3 is 15.0 Å². The fraction of sp³-hybridized carbons (Fsp3) is 0.111. The normalized spacial score (nSPS) is 10.6. The van der Waals surface area contributed by atoms with E-state index in [1.165, 1.54) is 23.9 Å². The van der Waals surface area contributed by atoms with Gasteiger partial charge in [-0.3, -0.25) is 4.79 Å². The Bertz CT molecular complexity index is 971. The lowest BCUT2D eigenvalue weighted by Crippen LogP contribution is -2.14. The third-order valence-corrected chi connectivity index (χ3v) is 4.96. The van der Waals surface area contributed by atoms with Crippen LogP contribution in [0.4, 0.5) is 5.69 Å². The summed E-state index contributed by atoms with van der Waals surface area (Å²) in [5.41, 5.74) is 1.57. The minimum atomic E-state index is -1.01. The minimum absolute atomic E-state index is 0.146. The van der Waals surface area contributed by atoms with Crippen molar-refractivity contribution >= 4 is 40.9 Å². The third-order valence-electron chi connectivity index (χ3n) is 3.69. The lowest BCUT2D eigenvalue weighted by molar-refractivity contribution is -0.113. The van der Waals surface area contributed by atoms with E-state index >= 15 is 0 Å². The van der Waals surface area contributed by atoms with E-state index < -0.39 is 5.97 Å². The molecule has 0 saturated carbocycles. The maximum Gasteiger partial charge on any atom is 0.335 e. The van der Waals surface area contributed by atoms with Gasteiger partial charge in [0.1, 0.15) is 0 Å². The van der Waals surface area contributed by atoms with Crippen LogP contribution in [-0.4, -0.2) is 37.5 Å². The van der Waals surface area contributed by atoms with Crippen molar-refractivity contribution in [2.75, 3.05) is 11.1 Å². The lowest BCUT2D eigenvalue weighted by atomic mass is 10.2. The highest BCUT2D eigenvalue weighted by Crippen LogP contribution is 2.24. The van der Waals surface area contributed by atoms with Crippen molar-refractivity contribution in [3.8, 4) is 11.4 Å². The Kier molecular flexibility index (Phi) is 5.78. The first-order valence-electron chi connectivity index (χ1n) is 7.85. The highest BCUT2D eigenvalue weighted by molar-refractivity contribution is 7.99. The summed E-state index contributed by atoms with van der Waals surface area (Å²) in [6, 6.07) is 13.2. The number of benzene rings is 2. The third kappa shape index (κ3) is 4.66. The number of hydrogen-bond acceptors (Lipinski definition) is 5. The second-order valence-corrected chi connectivity index (χ2v) is 6.97. The highest BCUT2D eigenvalue weighted by Gasteiger charge is 2.13. The Morgan fingerprint density at radius 1 is 1.11 bits per heavy atom. The standard InChI is InChI=1S/C18H15ClN4O3S/c1-23-16(11-2-6-13(19)7-3-11)21-22-18(23)27-10-15(24)20-14-8-4-12(5-9-14)17(25)26/h2-9H,10H2,1H3,(H,20,24)(H,25,26). The molecule has 2 N–H and O–H groups in total. The summed E-state index contributed by atoms with van der Waals surface area (Å²) in [5, 5.41) is 21.1. The molecule has 0 unspecified atom stereocenters. The van der Waals surface area contributed by atoms with Gasteiger partial charge >= 0.3 is 5.97 Å². The maximum absolute atomic E-state index is 12.1. The van der Waals surface area contributed by atoms with E-state index in [9.17, 15) is 9.59 Å². The molecule has 3 aromatic rings. The molecule has 0 bridgehead atoms. The summed E-state index contributed by atoms with van der Waals surface area (Å²) in [5.74, 6) is -0.409. The quantitative estimate of drug-likeness (QED) is 0.612. The van der Waals surface area contributed by atoms with Gasteiger partial charge in [-0.15, -0.1) is 10.2 Å². The summed E-state index contributed by atoms with van der Waals surface area (Å²) in [7, 11) is 1.83. The number of anilines is 1. The summed E-state index contributed by atoms with van der Waals surface area (Å²) in [6.45, 7) is 0. The van der Waals surface area contributed by atoms with E-state index in [2.05, 4.69) is 15.5 Å². The van der Waals surface area contributed by atoms with Gasteiger partial charge in [0.05, 0.1) is 11.3 Å². The first-order valence-corrected chi connectivity index (χ1v) is 9.22. The van der Waals surface area contributed by atoms with Crippen molar-refractivity contribution in [1.29, 1.82) is 0 Å². The number of nitrogens with one attached hydrogen (secondary N) is 1. The van der Waals surface area contributed by atoms with Crippen molar-refractivity contribution in [3.63, 3.8) is 0 Å². The number of nitrogens with zero attached hydrogens (tertiary/aromatic N) is 3. The molecule has 0 radical (unpaired) electrons. The number of thioether (sulfide) groups is 1. The van der Waals surface area contributed by atoms with E-state index in [-0.39, 0.29) is 17.2 Å². The Morgan fingerprint density at radius 3 is 2.41 bits per heavy atom. The zero-order chi connectivity index (χ0) is 19.4. The molecule has 0 fully saturated rings. The van der Waals surface area contributed by atoms with Crippen LogP contribution in [0.1, 0.15) is 10.4 Å². The zero-order valence-electron chi connectivity index (χ0n) is 14.2. The summed E-state index contributed by atoms with van der Waals surface area (Å²) in [4.78, 5) is 22.9. The van der Waals surface area contributed by atoms with Crippen LogP contribution in [0.5, 0.6) is 0 Å². The van der Waals surface area contributed by atoms with Gasteiger partial charge in [-0.25, -0.2) is 4.79 Å². The number of hydrogen-bond donors (Lipinski definition) is 2. The molecular formula is C18H15ClN4O3S. The Hall–Kier alpha value is -2.84. The smallest absolute Gasteiger partial charge is 0.335 e. The van der Waals surface area contributed by atoms with Gasteiger partial charge in [0.15, 0.2) is 11.0 Å². The first-order chi connectivity index (χ1) is 12.9. The summed E-state index contributed by atoms with van der Waals surface area (Å²) < 4.78 is 1.81. The molecule has 7 nitrogen and oxygen atoms in total. The number of aromatic carboxylic acids is 1. The lowest BCUT2D eigenvalue weighted by Gasteiger charge is -2.06. The number of amides is 1. The second-order valence-electron chi connectivity index (χ2n) is 5.59. The Labute approximate surface area is 164 Å². The molecule has 1 amide bonds. The predicted molar refractivity (Wildman–Crippen MR) is 104 cm³/mol. The topological polar surface area (TPSA) is 97.1 Å². The van der Waals surface area contributed by atoms with Gasteiger partial charge in [-0.2, -0.15) is 0 Å². The molecular weight excluding hydrogens is 388 g/mol. The molecule has 1 heterocycles. The monoisotopic (exact) mass is 402 g/mol. The fourth-order valence-corrected chi connectivity index (χ4v) is 3.15. The van der Waals surface area contributed by atoms with Crippen LogP contribution in [-0.2, 0) is 11.8 Å². The van der Waals surface area contributed by atoms with Gasteiger partial charge in [-0.05, 0) is 48.5 Å². The molecule has 1 aromatic heterocycles. The number of carbonyl (C=O) groups is 2. The van der Waals surface area contributed by atoms with Gasteiger partial charge in [0, 0.05) is 23.3 Å². The molecule has 138 valence electrons. The Morgan fingerprint density at radius 2 is 1.78 bits per heavy atom. The van der Waals surface area contributed by atoms with Crippen molar-refractivity contribution in [2.24, 2.45) is 7.05 Å². The van der Waals surface area contributed by atoms with E-state index in [1.54, 1.807) is 24.3 Å². The Balaban J connectivity index is 1.60. The van der Waals surface area contributed by atoms with Gasteiger partial charge in [0.2, 0.25) is 5.91 Å². The SMILES string of the molecule is Cn1c(SCC(=O)Nc2ccc(C(=O)O)cc2)nnc1-c1ccc(Cl)cc1. The summed E-state index contributed by atoms with van der Waals surface area (Å²) in [6.07, 6.45) is 0. The van der Waals surface area contributed by atoms with Gasteiger partial charge in [0.25, 0.3) is 0 Å². The maximum atomic E-state index is 12.1. The number of halogens is 1. The van der Waals surface area contributed by atoms with Crippen LogP contribution in [0.25, 0.3) is 11.4 Å². The molecule has 0 spiro atoms. The number of aromatic nitrogens is 3. The van der Waals surface area contributed by atoms with E-state index in [1.807, 2.05) is 23.7 Å². The molecule has 0 aliphatic carbocycles. The second kappa shape index (κ2) is 8.24. The number of carboxylic acid groups (broad SMARTS) is 1. The largest absolute Gasteiger partial charge is 0.478 e. The van der Waals surface area contributed by atoms with Crippen LogP contribution in [0, 0.1) is 0 Å². The molecule has 3 rings (SSSR count). The van der Waals surface area contributed by atoms with E-state index in [0.717, 1.165) is 5.56 Å². The van der Waals surface area contributed by atoms with Crippen LogP contribution < -0.4 is 5.32 Å². The fourth-order valence-electron chi connectivity index (χ4n) is 2.31. The average molecular weight is 403 g/mol.